The number of hydrogen-bond donors (Lipinski definition) is 2. The lowest BCUT2D eigenvalue weighted by molar-refractivity contribution is -0.180. The monoisotopic (exact) mass is 447 g/mol. The van der Waals surface area contributed by atoms with E-state index in [0.29, 0.717) is 31.6 Å². The molecule has 32 heavy (non-hydrogen) atoms. The Bertz CT molecular complexity index is 813. The second-order valence-electron chi connectivity index (χ2n) is 11.2. The number of carbonyl (C=O) groups is 2. The highest BCUT2D eigenvalue weighted by Crippen LogP contribution is 2.65. The molecule has 8 nitrogen and oxygen atoms in total. The van der Waals surface area contributed by atoms with Gasteiger partial charge < -0.3 is 14.9 Å². The number of aliphatic hydroxyl groups is 2. The molecule has 4 rings (SSSR count). The standard InChI is InChI=1S/C24H37N3O5/c1-4-5-17(26-27-25)22(31)32-21-7-6-14-13-10-18(28)16-11-19(29)20(30)12-24(16,3)15(13)8-9-23(14,21)2/h13-17,19-21,29-30H,4-12H2,1-3H3/t13-,14-,15-,16+,17+,19-,20+,21-,23-,24+/m0/s1. The second-order valence-corrected chi connectivity index (χ2v) is 11.2. The third-order valence-corrected chi connectivity index (χ3v) is 9.67. The zero-order chi connectivity index (χ0) is 23.3. The number of nitrogens with zero attached hydrogens (tertiary/aromatic N) is 3. The number of ketones is 1. The van der Waals surface area contributed by atoms with Gasteiger partial charge in [-0.3, -0.25) is 9.59 Å². The van der Waals surface area contributed by atoms with Crippen molar-refractivity contribution in [2.75, 3.05) is 0 Å². The zero-order valence-corrected chi connectivity index (χ0v) is 19.4. The molecule has 0 radical (unpaired) electrons. The molecule has 0 saturated heterocycles. The molecule has 4 aliphatic rings. The van der Waals surface area contributed by atoms with Gasteiger partial charge in [-0.1, -0.05) is 32.3 Å². The summed E-state index contributed by atoms with van der Waals surface area (Å²) in [6.07, 6.45) is 4.26. The van der Waals surface area contributed by atoms with Crippen LogP contribution >= 0.6 is 0 Å². The maximum atomic E-state index is 13.2. The Morgan fingerprint density at radius 2 is 1.94 bits per heavy atom. The number of ether oxygens (including phenoxy) is 1. The number of rotatable bonds is 5. The Hall–Kier alpha value is -1.63. The van der Waals surface area contributed by atoms with E-state index in [-0.39, 0.29) is 40.5 Å². The number of aliphatic hydroxyl groups excluding tert-OH is 2. The van der Waals surface area contributed by atoms with Gasteiger partial charge in [-0.2, -0.15) is 0 Å². The summed E-state index contributed by atoms with van der Waals surface area (Å²) in [4.78, 5) is 28.8. The minimum Gasteiger partial charge on any atom is -0.461 e. The first-order valence-corrected chi connectivity index (χ1v) is 12.3. The molecule has 0 aromatic rings. The van der Waals surface area contributed by atoms with Crippen LogP contribution in [-0.2, 0) is 14.3 Å². The van der Waals surface area contributed by atoms with E-state index >= 15 is 0 Å². The van der Waals surface area contributed by atoms with Gasteiger partial charge >= 0.3 is 5.97 Å². The Morgan fingerprint density at radius 3 is 2.62 bits per heavy atom. The highest BCUT2D eigenvalue weighted by atomic mass is 16.5. The van der Waals surface area contributed by atoms with Crippen molar-refractivity contribution in [2.45, 2.75) is 103 Å². The van der Waals surface area contributed by atoms with Crippen LogP contribution in [0.5, 0.6) is 0 Å². The summed E-state index contributed by atoms with van der Waals surface area (Å²) in [5.74, 6) is 0.438. The lowest BCUT2D eigenvalue weighted by Crippen LogP contribution is -2.59. The summed E-state index contributed by atoms with van der Waals surface area (Å²) in [7, 11) is 0. The molecule has 0 spiro atoms. The van der Waals surface area contributed by atoms with Gasteiger partial charge in [0.1, 0.15) is 17.9 Å². The van der Waals surface area contributed by atoms with Crippen molar-refractivity contribution in [1.29, 1.82) is 0 Å². The first kappa shape index (κ1) is 23.5. The van der Waals surface area contributed by atoms with Crippen LogP contribution in [0.4, 0.5) is 0 Å². The number of azide groups is 1. The first-order valence-electron chi connectivity index (χ1n) is 12.3. The largest absolute Gasteiger partial charge is 0.461 e. The van der Waals surface area contributed by atoms with Crippen LogP contribution in [-0.4, -0.2) is 46.3 Å². The van der Waals surface area contributed by atoms with Crippen LogP contribution in [0.15, 0.2) is 5.11 Å². The minimum atomic E-state index is -0.815. The second kappa shape index (κ2) is 8.62. The molecular weight excluding hydrogens is 410 g/mol. The SMILES string of the molecule is CCC[C@@H](N=[N+]=[N-])C(=O)O[C@H]1CC[C@H]2[C@@H]3CC(=O)[C@H]4C[C@H](O)[C@H](O)C[C@]4(C)[C@H]3CC[C@]12C. The van der Waals surface area contributed by atoms with Crippen molar-refractivity contribution in [3.63, 3.8) is 0 Å². The fourth-order valence-electron chi connectivity index (χ4n) is 7.99. The molecule has 8 heteroatoms. The maximum Gasteiger partial charge on any atom is 0.315 e. The fraction of sp³-hybridized carbons (Fsp3) is 0.917. The Kier molecular flexibility index (Phi) is 6.34. The van der Waals surface area contributed by atoms with E-state index in [9.17, 15) is 19.8 Å². The molecule has 4 aliphatic carbocycles. The van der Waals surface area contributed by atoms with Crippen LogP contribution in [0.2, 0.25) is 0 Å². The smallest absolute Gasteiger partial charge is 0.315 e. The van der Waals surface area contributed by atoms with Crippen molar-refractivity contribution in [1.82, 2.24) is 0 Å². The Labute approximate surface area is 189 Å². The van der Waals surface area contributed by atoms with Crippen molar-refractivity contribution in [3.8, 4) is 0 Å². The van der Waals surface area contributed by atoms with E-state index in [0.717, 1.165) is 32.1 Å². The maximum absolute atomic E-state index is 13.2. The molecule has 0 aliphatic heterocycles. The van der Waals surface area contributed by atoms with Gasteiger partial charge in [0.05, 0.1) is 12.2 Å². The quantitative estimate of drug-likeness (QED) is 0.285. The van der Waals surface area contributed by atoms with Crippen molar-refractivity contribution >= 4 is 11.8 Å². The van der Waals surface area contributed by atoms with Gasteiger partial charge in [0.25, 0.3) is 0 Å². The molecule has 0 unspecified atom stereocenters. The number of Topliss-reactive ketones (excluding diaryl/α,β-unsaturated/α-hetero) is 1. The van der Waals surface area contributed by atoms with Gasteiger partial charge in [-0.05, 0) is 73.6 Å². The van der Waals surface area contributed by atoms with Crippen molar-refractivity contribution in [3.05, 3.63) is 10.4 Å². The van der Waals surface area contributed by atoms with E-state index in [1.807, 2.05) is 6.92 Å². The van der Waals surface area contributed by atoms with Gasteiger partial charge in [-0.25, -0.2) is 0 Å². The molecule has 4 fully saturated rings. The van der Waals surface area contributed by atoms with E-state index in [1.54, 1.807) is 0 Å². The predicted molar refractivity (Wildman–Crippen MR) is 117 cm³/mol. The number of esters is 1. The van der Waals surface area contributed by atoms with Crippen LogP contribution < -0.4 is 0 Å². The van der Waals surface area contributed by atoms with Gasteiger partial charge in [0.2, 0.25) is 0 Å². The third kappa shape index (κ3) is 3.64. The highest BCUT2D eigenvalue weighted by Gasteiger charge is 2.63. The zero-order valence-electron chi connectivity index (χ0n) is 19.4. The van der Waals surface area contributed by atoms with Crippen LogP contribution in [0, 0.1) is 34.5 Å². The summed E-state index contributed by atoms with van der Waals surface area (Å²) in [5.41, 5.74) is 8.32. The van der Waals surface area contributed by atoms with Crippen LogP contribution in [0.3, 0.4) is 0 Å². The summed E-state index contributed by atoms with van der Waals surface area (Å²) in [6, 6.07) is -0.782. The predicted octanol–water partition coefficient (Wildman–Crippen LogP) is 3.93. The van der Waals surface area contributed by atoms with E-state index < -0.39 is 24.2 Å². The molecule has 0 aromatic carbocycles. The lowest BCUT2D eigenvalue weighted by atomic mass is 9.44. The van der Waals surface area contributed by atoms with Gasteiger partial charge in [-0.15, -0.1) is 0 Å². The van der Waals surface area contributed by atoms with E-state index in [4.69, 9.17) is 10.3 Å². The van der Waals surface area contributed by atoms with Crippen LogP contribution in [0.25, 0.3) is 10.4 Å². The highest BCUT2D eigenvalue weighted by molar-refractivity contribution is 5.83. The molecule has 0 bridgehead atoms. The molecular formula is C24H37N3O5. The minimum absolute atomic E-state index is 0.180. The first-order chi connectivity index (χ1) is 15.2. The summed E-state index contributed by atoms with van der Waals surface area (Å²) < 4.78 is 5.96. The normalized spacial score (nSPS) is 46.3. The van der Waals surface area contributed by atoms with E-state index in [2.05, 4.69) is 23.9 Å². The Morgan fingerprint density at radius 1 is 1.22 bits per heavy atom. The average molecular weight is 448 g/mol. The van der Waals surface area contributed by atoms with Crippen molar-refractivity contribution in [2.24, 2.45) is 39.6 Å². The number of fused-ring (bicyclic) bond motifs is 5. The fourth-order valence-corrected chi connectivity index (χ4v) is 7.99. The number of carbonyl (C=O) groups excluding carboxylic acids is 2. The van der Waals surface area contributed by atoms with Crippen molar-refractivity contribution < 1.29 is 24.5 Å². The summed E-state index contributed by atoms with van der Waals surface area (Å²) >= 11 is 0. The molecule has 4 saturated carbocycles. The van der Waals surface area contributed by atoms with Gasteiger partial charge in [0, 0.05) is 22.7 Å². The topological polar surface area (TPSA) is 133 Å². The molecule has 10 atom stereocenters. The summed E-state index contributed by atoms with van der Waals surface area (Å²) in [6.45, 7) is 6.28. The molecule has 0 aromatic heterocycles. The van der Waals surface area contributed by atoms with Crippen LogP contribution in [0.1, 0.15) is 78.6 Å². The third-order valence-electron chi connectivity index (χ3n) is 9.67. The van der Waals surface area contributed by atoms with Gasteiger partial charge in [0.15, 0.2) is 0 Å². The summed E-state index contributed by atoms with van der Waals surface area (Å²) in [5, 5.41) is 24.3. The molecule has 0 amide bonds. The molecule has 2 N–H and O–H groups in total. The number of hydrogen-bond acceptors (Lipinski definition) is 6. The lowest BCUT2D eigenvalue weighted by Gasteiger charge is -2.60. The molecule has 0 heterocycles. The molecule has 178 valence electrons. The average Bonchev–Trinajstić information content (AvgIpc) is 3.06. The van der Waals surface area contributed by atoms with E-state index in [1.165, 1.54) is 0 Å². The Balaban J connectivity index is 1.54.